The van der Waals surface area contributed by atoms with Gasteiger partial charge in [-0.1, -0.05) is 26.8 Å². The molecule has 1 aromatic carbocycles. The van der Waals surface area contributed by atoms with Crippen LogP contribution < -0.4 is 10.1 Å². The van der Waals surface area contributed by atoms with Crippen molar-refractivity contribution >= 4 is 5.97 Å². The van der Waals surface area contributed by atoms with E-state index < -0.39 is 12.0 Å². The van der Waals surface area contributed by atoms with E-state index in [1.165, 1.54) is 11.1 Å². The SMILES string of the molecule is CCCNC(CCOc1ccc(C(C)C)c(C)c1)C(=O)O. The number of benzene rings is 1. The molecule has 0 heterocycles. The molecule has 0 fully saturated rings. The van der Waals surface area contributed by atoms with E-state index in [2.05, 4.69) is 32.2 Å². The van der Waals surface area contributed by atoms with Crippen molar-refractivity contribution in [2.75, 3.05) is 13.2 Å². The van der Waals surface area contributed by atoms with Crippen molar-refractivity contribution in [3.05, 3.63) is 29.3 Å². The molecule has 21 heavy (non-hydrogen) atoms. The average Bonchev–Trinajstić information content (AvgIpc) is 2.41. The Morgan fingerprint density at radius 1 is 1.38 bits per heavy atom. The second kappa shape index (κ2) is 8.67. The van der Waals surface area contributed by atoms with Gasteiger partial charge in [-0.25, -0.2) is 0 Å². The summed E-state index contributed by atoms with van der Waals surface area (Å²) in [4.78, 5) is 11.1. The number of hydrogen-bond acceptors (Lipinski definition) is 3. The summed E-state index contributed by atoms with van der Waals surface area (Å²) in [6.45, 7) is 9.53. The third-order valence-electron chi connectivity index (χ3n) is 3.48. The van der Waals surface area contributed by atoms with Gasteiger partial charge in [0.15, 0.2) is 0 Å². The van der Waals surface area contributed by atoms with Gasteiger partial charge in [-0.3, -0.25) is 4.79 Å². The van der Waals surface area contributed by atoms with Gasteiger partial charge in [-0.15, -0.1) is 0 Å². The minimum absolute atomic E-state index is 0.397. The monoisotopic (exact) mass is 293 g/mol. The van der Waals surface area contributed by atoms with Crippen LogP contribution in [0.4, 0.5) is 0 Å². The summed E-state index contributed by atoms with van der Waals surface area (Å²) in [6.07, 6.45) is 1.38. The lowest BCUT2D eigenvalue weighted by atomic mass is 9.98. The number of carboxylic acids is 1. The number of aliphatic carboxylic acids is 1. The van der Waals surface area contributed by atoms with Crippen LogP contribution in [0.3, 0.4) is 0 Å². The van der Waals surface area contributed by atoms with Gasteiger partial charge in [0.1, 0.15) is 11.8 Å². The quantitative estimate of drug-likeness (QED) is 0.733. The largest absolute Gasteiger partial charge is 0.494 e. The lowest BCUT2D eigenvalue weighted by molar-refractivity contribution is -0.139. The Morgan fingerprint density at radius 2 is 2.10 bits per heavy atom. The molecule has 1 atom stereocenters. The van der Waals surface area contributed by atoms with Crippen LogP contribution in [-0.2, 0) is 4.79 Å². The van der Waals surface area contributed by atoms with Crippen molar-refractivity contribution in [2.45, 2.75) is 52.5 Å². The minimum atomic E-state index is -0.821. The molecule has 0 amide bonds. The molecular formula is C17H27NO3. The molecule has 4 heteroatoms. The Morgan fingerprint density at radius 3 is 2.62 bits per heavy atom. The lowest BCUT2D eigenvalue weighted by Crippen LogP contribution is -2.38. The summed E-state index contributed by atoms with van der Waals surface area (Å²) in [7, 11) is 0. The van der Waals surface area contributed by atoms with Crippen LogP contribution in [0, 0.1) is 6.92 Å². The maximum atomic E-state index is 11.1. The first kappa shape index (κ1) is 17.5. The molecule has 0 aromatic heterocycles. The molecule has 0 radical (unpaired) electrons. The second-order valence-corrected chi connectivity index (χ2v) is 5.66. The van der Waals surface area contributed by atoms with Crippen molar-refractivity contribution in [1.82, 2.24) is 5.32 Å². The van der Waals surface area contributed by atoms with Crippen molar-refractivity contribution in [3.8, 4) is 5.75 Å². The van der Waals surface area contributed by atoms with Gasteiger partial charge in [0, 0.05) is 6.42 Å². The predicted molar refractivity (Wildman–Crippen MR) is 85.1 cm³/mol. The van der Waals surface area contributed by atoms with Crippen molar-refractivity contribution in [3.63, 3.8) is 0 Å². The molecule has 1 aromatic rings. The first-order valence-corrected chi connectivity index (χ1v) is 7.65. The molecular weight excluding hydrogens is 266 g/mol. The van der Waals surface area contributed by atoms with Gasteiger partial charge in [0.25, 0.3) is 0 Å². The van der Waals surface area contributed by atoms with Gasteiger partial charge < -0.3 is 15.2 Å². The highest BCUT2D eigenvalue weighted by Crippen LogP contribution is 2.23. The Kier molecular flexibility index (Phi) is 7.23. The third kappa shape index (κ3) is 5.76. The molecule has 4 nitrogen and oxygen atoms in total. The van der Waals surface area contributed by atoms with Gasteiger partial charge in [-0.2, -0.15) is 0 Å². The Bertz CT molecular complexity index is 457. The normalized spacial score (nSPS) is 12.4. The van der Waals surface area contributed by atoms with Crippen LogP contribution in [0.15, 0.2) is 18.2 Å². The molecule has 0 spiro atoms. The minimum Gasteiger partial charge on any atom is -0.494 e. The zero-order chi connectivity index (χ0) is 15.8. The van der Waals surface area contributed by atoms with E-state index in [0.717, 1.165) is 12.2 Å². The molecule has 0 aliphatic heterocycles. The molecule has 2 N–H and O–H groups in total. The van der Waals surface area contributed by atoms with Gasteiger partial charge in [-0.05, 0) is 49.1 Å². The van der Waals surface area contributed by atoms with E-state index in [0.29, 0.717) is 25.5 Å². The Balaban J connectivity index is 2.51. The van der Waals surface area contributed by atoms with Gasteiger partial charge >= 0.3 is 5.97 Å². The maximum Gasteiger partial charge on any atom is 0.320 e. The standard InChI is InChI=1S/C17H27NO3/c1-5-9-18-16(17(19)20)8-10-21-14-6-7-15(12(2)3)13(4)11-14/h6-7,11-12,16,18H,5,8-10H2,1-4H3,(H,19,20). The number of carbonyl (C=O) groups is 1. The fourth-order valence-electron chi connectivity index (χ4n) is 2.31. The highest BCUT2D eigenvalue weighted by atomic mass is 16.5. The molecule has 0 saturated heterocycles. The number of aryl methyl sites for hydroxylation is 1. The van der Waals surface area contributed by atoms with Crippen LogP contribution in [-0.4, -0.2) is 30.3 Å². The molecule has 0 saturated carbocycles. The smallest absolute Gasteiger partial charge is 0.320 e. The topological polar surface area (TPSA) is 58.6 Å². The van der Waals surface area contributed by atoms with Crippen molar-refractivity contribution in [1.29, 1.82) is 0 Å². The summed E-state index contributed by atoms with van der Waals surface area (Å²) in [5.74, 6) is 0.476. The summed E-state index contributed by atoms with van der Waals surface area (Å²) in [6, 6.07) is 5.52. The molecule has 0 aliphatic carbocycles. The Hall–Kier alpha value is -1.55. The van der Waals surface area contributed by atoms with E-state index >= 15 is 0 Å². The van der Waals surface area contributed by atoms with Gasteiger partial charge in [0.05, 0.1) is 6.61 Å². The number of nitrogens with one attached hydrogen (secondary N) is 1. The van der Waals surface area contributed by atoms with E-state index in [1.807, 2.05) is 19.1 Å². The van der Waals surface area contributed by atoms with Crippen LogP contribution in [0.5, 0.6) is 5.75 Å². The fraction of sp³-hybridized carbons (Fsp3) is 0.588. The van der Waals surface area contributed by atoms with Crippen LogP contribution >= 0.6 is 0 Å². The van der Waals surface area contributed by atoms with Gasteiger partial charge in [0.2, 0.25) is 0 Å². The van der Waals surface area contributed by atoms with E-state index in [4.69, 9.17) is 9.84 Å². The van der Waals surface area contributed by atoms with Crippen molar-refractivity contribution < 1.29 is 14.6 Å². The number of ether oxygens (including phenoxy) is 1. The van der Waals surface area contributed by atoms with E-state index in [9.17, 15) is 4.79 Å². The molecule has 0 aliphatic rings. The average molecular weight is 293 g/mol. The molecule has 1 rings (SSSR count). The summed E-state index contributed by atoms with van der Waals surface area (Å²) < 4.78 is 5.68. The predicted octanol–water partition coefficient (Wildman–Crippen LogP) is 3.34. The Labute approximate surface area is 127 Å². The summed E-state index contributed by atoms with van der Waals surface area (Å²) in [5, 5.41) is 12.1. The molecule has 1 unspecified atom stereocenters. The number of hydrogen-bond donors (Lipinski definition) is 2. The van der Waals surface area contributed by atoms with Crippen LogP contribution in [0.25, 0.3) is 0 Å². The number of carboxylic acid groups (broad SMARTS) is 1. The van der Waals surface area contributed by atoms with Crippen LogP contribution in [0.1, 0.15) is 50.7 Å². The number of rotatable bonds is 9. The summed E-state index contributed by atoms with van der Waals surface area (Å²) >= 11 is 0. The highest BCUT2D eigenvalue weighted by molar-refractivity contribution is 5.73. The lowest BCUT2D eigenvalue weighted by Gasteiger charge is -2.15. The first-order chi connectivity index (χ1) is 9.95. The highest BCUT2D eigenvalue weighted by Gasteiger charge is 2.16. The fourth-order valence-corrected chi connectivity index (χ4v) is 2.31. The maximum absolute atomic E-state index is 11.1. The van der Waals surface area contributed by atoms with Crippen LogP contribution in [0.2, 0.25) is 0 Å². The zero-order valence-corrected chi connectivity index (χ0v) is 13.5. The summed E-state index contributed by atoms with van der Waals surface area (Å²) in [5.41, 5.74) is 2.52. The zero-order valence-electron chi connectivity index (χ0n) is 13.5. The third-order valence-corrected chi connectivity index (χ3v) is 3.48. The second-order valence-electron chi connectivity index (χ2n) is 5.66. The first-order valence-electron chi connectivity index (χ1n) is 7.65. The van der Waals surface area contributed by atoms with Crippen molar-refractivity contribution in [2.24, 2.45) is 0 Å². The molecule has 118 valence electrons. The molecule has 0 bridgehead atoms. The van der Waals surface area contributed by atoms with E-state index in [1.54, 1.807) is 0 Å². The van der Waals surface area contributed by atoms with E-state index in [-0.39, 0.29) is 0 Å².